The van der Waals surface area contributed by atoms with Gasteiger partial charge in [0.15, 0.2) is 0 Å². The van der Waals surface area contributed by atoms with Crippen LogP contribution in [0, 0.1) is 0 Å². The van der Waals surface area contributed by atoms with E-state index in [1.54, 1.807) is 0 Å². The molecular weight excluding hydrogens is 160 g/mol. The molecule has 0 saturated heterocycles. The normalized spacial score (nSPS) is 15.9. The van der Waals surface area contributed by atoms with E-state index in [1.165, 1.54) is 0 Å². The molecule has 1 unspecified atom stereocenters. The summed E-state index contributed by atoms with van der Waals surface area (Å²) in [5, 5.41) is 10.2. The largest absolute Gasteiger partial charge is 0.381 e. The van der Waals surface area contributed by atoms with E-state index in [1.807, 2.05) is 56.3 Å². The van der Waals surface area contributed by atoms with Crippen molar-refractivity contribution in [1.29, 1.82) is 0 Å². The van der Waals surface area contributed by atoms with Crippen LogP contribution in [0.2, 0.25) is 0 Å². The van der Waals surface area contributed by atoms with Crippen molar-refractivity contribution in [2.45, 2.75) is 25.9 Å². The molecule has 1 N–H and O–H groups in total. The third-order valence-electron chi connectivity index (χ3n) is 2.26. The maximum atomic E-state index is 10.2. The van der Waals surface area contributed by atoms with Gasteiger partial charge in [0.25, 0.3) is 0 Å². The van der Waals surface area contributed by atoms with Crippen LogP contribution in [0.5, 0.6) is 0 Å². The molecule has 1 aromatic carbocycles. The number of benzene rings is 1. The van der Waals surface area contributed by atoms with E-state index in [4.69, 9.17) is 0 Å². The van der Waals surface area contributed by atoms with E-state index in [9.17, 15) is 5.11 Å². The van der Waals surface area contributed by atoms with Crippen LogP contribution in [0.3, 0.4) is 0 Å². The zero-order valence-electron chi connectivity index (χ0n) is 8.20. The summed E-state index contributed by atoms with van der Waals surface area (Å²) < 4.78 is 0. The summed E-state index contributed by atoms with van der Waals surface area (Å²) in [5.41, 5.74) is 0.159. The minimum atomic E-state index is -0.796. The second-order valence-corrected chi connectivity index (χ2v) is 3.14. The van der Waals surface area contributed by atoms with Gasteiger partial charge in [0.1, 0.15) is 5.60 Å². The Labute approximate surface area is 79.7 Å². The molecule has 0 aliphatic rings. The molecule has 0 aliphatic carbocycles. The molecule has 0 saturated carbocycles. The summed E-state index contributed by atoms with van der Waals surface area (Å²) in [6, 6.07) is 9.74. The molecule has 0 amide bonds. The number of hydrogen-bond donors (Lipinski definition) is 1. The fourth-order valence-corrected chi connectivity index (χ4v) is 1.42. The SMILES string of the molecule is C/C=C\C(O)(CC)c1ccccc1. The van der Waals surface area contributed by atoms with Crippen LogP contribution in [0.15, 0.2) is 42.5 Å². The lowest BCUT2D eigenvalue weighted by molar-refractivity contribution is 0.0850. The summed E-state index contributed by atoms with van der Waals surface area (Å²) in [4.78, 5) is 0. The van der Waals surface area contributed by atoms with Crippen LogP contribution in [0.1, 0.15) is 25.8 Å². The van der Waals surface area contributed by atoms with Crippen molar-refractivity contribution in [3.05, 3.63) is 48.0 Å². The molecule has 0 aromatic heterocycles. The van der Waals surface area contributed by atoms with E-state index in [0.29, 0.717) is 6.42 Å². The molecular formula is C12H16O. The molecule has 70 valence electrons. The van der Waals surface area contributed by atoms with Crippen LogP contribution < -0.4 is 0 Å². The Hall–Kier alpha value is -1.08. The topological polar surface area (TPSA) is 20.2 Å². The Morgan fingerprint density at radius 1 is 1.31 bits per heavy atom. The van der Waals surface area contributed by atoms with Gasteiger partial charge in [-0.2, -0.15) is 0 Å². The summed E-state index contributed by atoms with van der Waals surface area (Å²) in [6.07, 6.45) is 4.42. The highest BCUT2D eigenvalue weighted by Gasteiger charge is 2.22. The average molecular weight is 176 g/mol. The molecule has 0 heterocycles. The number of allylic oxidation sites excluding steroid dienone is 1. The monoisotopic (exact) mass is 176 g/mol. The van der Waals surface area contributed by atoms with Crippen molar-refractivity contribution < 1.29 is 5.11 Å². The summed E-state index contributed by atoms with van der Waals surface area (Å²) >= 11 is 0. The Bertz CT molecular complexity index is 276. The van der Waals surface area contributed by atoms with Crippen molar-refractivity contribution >= 4 is 0 Å². The van der Waals surface area contributed by atoms with E-state index in [-0.39, 0.29) is 0 Å². The van der Waals surface area contributed by atoms with Gasteiger partial charge in [0, 0.05) is 0 Å². The van der Waals surface area contributed by atoms with Gasteiger partial charge in [-0.3, -0.25) is 0 Å². The first kappa shape index (κ1) is 10.0. The summed E-state index contributed by atoms with van der Waals surface area (Å²) in [7, 11) is 0. The lowest BCUT2D eigenvalue weighted by Crippen LogP contribution is -2.21. The highest BCUT2D eigenvalue weighted by molar-refractivity contribution is 5.26. The van der Waals surface area contributed by atoms with Gasteiger partial charge in [-0.1, -0.05) is 49.4 Å². The third kappa shape index (κ3) is 2.19. The molecule has 0 radical (unpaired) electrons. The van der Waals surface area contributed by atoms with E-state index < -0.39 is 5.60 Å². The van der Waals surface area contributed by atoms with Gasteiger partial charge in [-0.25, -0.2) is 0 Å². The molecule has 0 fully saturated rings. The molecule has 1 atom stereocenters. The van der Waals surface area contributed by atoms with Gasteiger partial charge in [-0.15, -0.1) is 0 Å². The lowest BCUT2D eigenvalue weighted by Gasteiger charge is -2.23. The Balaban J connectivity index is 3.03. The zero-order valence-corrected chi connectivity index (χ0v) is 8.20. The maximum Gasteiger partial charge on any atom is 0.107 e. The molecule has 0 bridgehead atoms. The maximum absolute atomic E-state index is 10.2. The number of rotatable bonds is 3. The average Bonchev–Trinajstić information content (AvgIpc) is 2.19. The van der Waals surface area contributed by atoms with Gasteiger partial charge < -0.3 is 5.11 Å². The first-order valence-electron chi connectivity index (χ1n) is 4.64. The predicted octanol–water partition coefficient (Wildman–Crippen LogP) is 2.86. The van der Waals surface area contributed by atoms with E-state index in [2.05, 4.69) is 0 Å². The molecule has 0 aliphatic heterocycles. The molecule has 1 aromatic rings. The fraction of sp³-hybridized carbons (Fsp3) is 0.333. The van der Waals surface area contributed by atoms with E-state index >= 15 is 0 Å². The molecule has 1 heteroatoms. The lowest BCUT2D eigenvalue weighted by atomic mass is 9.91. The quantitative estimate of drug-likeness (QED) is 0.702. The smallest absolute Gasteiger partial charge is 0.107 e. The summed E-state index contributed by atoms with van der Waals surface area (Å²) in [5.74, 6) is 0. The van der Waals surface area contributed by atoms with Crippen LogP contribution in [0.4, 0.5) is 0 Å². The Morgan fingerprint density at radius 3 is 2.38 bits per heavy atom. The second-order valence-electron chi connectivity index (χ2n) is 3.14. The Kier molecular flexibility index (Phi) is 3.26. The second kappa shape index (κ2) is 4.24. The van der Waals surface area contributed by atoms with Gasteiger partial charge in [0.05, 0.1) is 0 Å². The minimum absolute atomic E-state index is 0.696. The van der Waals surface area contributed by atoms with Crippen LogP contribution in [-0.4, -0.2) is 5.11 Å². The van der Waals surface area contributed by atoms with Crippen molar-refractivity contribution in [1.82, 2.24) is 0 Å². The predicted molar refractivity (Wildman–Crippen MR) is 55.4 cm³/mol. The summed E-state index contributed by atoms with van der Waals surface area (Å²) in [6.45, 7) is 3.90. The van der Waals surface area contributed by atoms with Gasteiger partial charge in [0.2, 0.25) is 0 Å². The van der Waals surface area contributed by atoms with Crippen molar-refractivity contribution in [2.75, 3.05) is 0 Å². The van der Waals surface area contributed by atoms with Crippen molar-refractivity contribution in [2.24, 2.45) is 0 Å². The first-order valence-corrected chi connectivity index (χ1v) is 4.64. The van der Waals surface area contributed by atoms with Crippen molar-refractivity contribution in [3.63, 3.8) is 0 Å². The highest BCUT2D eigenvalue weighted by Crippen LogP contribution is 2.25. The van der Waals surface area contributed by atoms with E-state index in [0.717, 1.165) is 5.56 Å². The molecule has 0 spiro atoms. The van der Waals surface area contributed by atoms with Crippen LogP contribution in [0.25, 0.3) is 0 Å². The number of aliphatic hydroxyl groups is 1. The molecule has 13 heavy (non-hydrogen) atoms. The number of hydrogen-bond acceptors (Lipinski definition) is 1. The molecule has 1 nitrogen and oxygen atoms in total. The Morgan fingerprint density at radius 2 is 1.92 bits per heavy atom. The van der Waals surface area contributed by atoms with Crippen LogP contribution in [-0.2, 0) is 5.60 Å². The van der Waals surface area contributed by atoms with Gasteiger partial charge >= 0.3 is 0 Å². The van der Waals surface area contributed by atoms with Crippen LogP contribution >= 0.6 is 0 Å². The fourth-order valence-electron chi connectivity index (χ4n) is 1.42. The third-order valence-corrected chi connectivity index (χ3v) is 2.26. The van der Waals surface area contributed by atoms with Crippen molar-refractivity contribution in [3.8, 4) is 0 Å². The first-order chi connectivity index (χ1) is 6.23. The minimum Gasteiger partial charge on any atom is -0.381 e. The standard InChI is InChI=1S/C12H16O/c1-3-10-12(13,4-2)11-8-6-5-7-9-11/h3,5-10,13H,4H2,1-2H3/b10-3-. The molecule has 1 rings (SSSR count). The zero-order chi connectivity index (χ0) is 9.73. The van der Waals surface area contributed by atoms with Gasteiger partial charge in [-0.05, 0) is 18.9 Å². The highest BCUT2D eigenvalue weighted by atomic mass is 16.3.